The minimum atomic E-state index is 0.624. The maximum absolute atomic E-state index is 5.46. The Kier molecular flexibility index (Phi) is 3.78. The molecule has 1 saturated heterocycles. The molecule has 1 aliphatic heterocycles. The molecule has 2 rings (SSSR count). The predicted molar refractivity (Wildman–Crippen MR) is 61.7 cm³/mol. The van der Waals surface area contributed by atoms with Gasteiger partial charge in [-0.1, -0.05) is 0 Å². The summed E-state index contributed by atoms with van der Waals surface area (Å²) in [7, 11) is 0. The largest absolute Gasteiger partial charge is 0.330 e. The van der Waals surface area contributed by atoms with Crippen LogP contribution in [-0.4, -0.2) is 22.5 Å². The number of thioether (sulfide) groups is 1. The van der Waals surface area contributed by atoms with Gasteiger partial charge < -0.3 is 5.73 Å². The number of hydrogen-bond acceptors (Lipinski definition) is 5. The lowest BCUT2D eigenvalue weighted by atomic mass is 10.3. The van der Waals surface area contributed by atoms with Crippen LogP contribution in [0.15, 0.2) is 0 Å². The van der Waals surface area contributed by atoms with Gasteiger partial charge in [0, 0.05) is 6.42 Å². The summed E-state index contributed by atoms with van der Waals surface area (Å²) in [4.78, 5) is 0. The Balaban J connectivity index is 1.94. The predicted octanol–water partition coefficient (Wildman–Crippen LogP) is 2.00. The van der Waals surface area contributed by atoms with Crippen molar-refractivity contribution in [1.29, 1.82) is 0 Å². The number of aryl methyl sites for hydroxylation is 1. The lowest BCUT2D eigenvalue weighted by molar-refractivity contribution is 0.790. The topological polar surface area (TPSA) is 51.8 Å². The van der Waals surface area contributed by atoms with Gasteiger partial charge in [-0.2, -0.15) is 11.8 Å². The molecule has 1 atom stereocenters. The van der Waals surface area contributed by atoms with Gasteiger partial charge in [0.05, 0.1) is 5.25 Å². The molecular weight excluding hydrogens is 214 g/mol. The second-order valence-electron chi connectivity index (χ2n) is 3.43. The molecule has 0 bridgehead atoms. The summed E-state index contributed by atoms with van der Waals surface area (Å²) in [5.41, 5.74) is 5.46. The normalized spacial score (nSPS) is 21.6. The highest BCUT2D eigenvalue weighted by Crippen LogP contribution is 2.40. The summed E-state index contributed by atoms with van der Waals surface area (Å²) in [5, 5.41) is 11.5. The Morgan fingerprint density at radius 1 is 1.43 bits per heavy atom. The highest BCUT2D eigenvalue weighted by Gasteiger charge is 2.21. The van der Waals surface area contributed by atoms with Crippen molar-refractivity contribution in [3.05, 3.63) is 10.0 Å². The molecule has 0 spiro atoms. The SMILES string of the molecule is NCCCc1nnc(C2CCCS2)s1. The lowest BCUT2D eigenvalue weighted by Gasteiger charge is -2.00. The first kappa shape index (κ1) is 10.4. The molecule has 1 aliphatic rings. The van der Waals surface area contributed by atoms with Crippen LogP contribution in [0.25, 0.3) is 0 Å². The van der Waals surface area contributed by atoms with Crippen LogP contribution < -0.4 is 5.73 Å². The van der Waals surface area contributed by atoms with E-state index in [-0.39, 0.29) is 0 Å². The molecule has 0 aromatic carbocycles. The van der Waals surface area contributed by atoms with E-state index in [1.54, 1.807) is 11.3 Å². The third kappa shape index (κ3) is 2.46. The highest BCUT2D eigenvalue weighted by molar-refractivity contribution is 7.99. The van der Waals surface area contributed by atoms with Gasteiger partial charge in [0.1, 0.15) is 10.0 Å². The van der Waals surface area contributed by atoms with Crippen molar-refractivity contribution in [2.75, 3.05) is 12.3 Å². The van der Waals surface area contributed by atoms with Gasteiger partial charge in [0.15, 0.2) is 0 Å². The molecule has 1 fully saturated rings. The van der Waals surface area contributed by atoms with Crippen LogP contribution in [0.2, 0.25) is 0 Å². The molecule has 1 aromatic rings. The zero-order valence-corrected chi connectivity index (χ0v) is 9.74. The number of nitrogens with zero attached hydrogens (tertiary/aromatic N) is 2. The summed E-state index contributed by atoms with van der Waals surface area (Å²) in [6, 6.07) is 0. The maximum atomic E-state index is 5.46. The van der Waals surface area contributed by atoms with Gasteiger partial charge in [-0.15, -0.1) is 21.5 Å². The van der Waals surface area contributed by atoms with Crippen LogP contribution in [0.1, 0.15) is 34.5 Å². The monoisotopic (exact) mass is 229 g/mol. The summed E-state index contributed by atoms with van der Waals surface area (Å²) in [6.45, 7) is 0.743. The minimum Gasteiger partial charge on any atom is -0.330 e. The van der Waals surface area contributed by atoms with Gasteiger partial charge in [0.2, 0.25) is 0 Å². The summed E-state index contributed by atoms with van der Waals surface area (Å²) < 4.78 is 0. The second-order valence-corrected chi connectivity index (χ2v) is 5.83. The van der Waals surface area contributed by atoms with Gasteiger partial charge in [0.25, 0.3) is 0 Å². The number of nitrogens with two attached hydrogens (primary N) is 1. The quantitative estimate of drug-likeness (QED) is 0.858. The summed E-state index contributed by atoms with van der Waals surface area (Å²) >= 11 is 3.79. The molecule has 0 radical (unpaired) electrons. The molecular formula is C9H15N3S2. The zero-order chi connectivity index (χ0) is 9.80. The Morgan fingerprint density at radius 2 is 2.36 bits per heavy atom. The van der Waals surface area contributed by atoms with Crippen LogP contribution in [0, 0.1) is 0 Å². The molecule has 0 aliphatic carbocycles. The van der Waals surface area contributed by atoms with Gasteiger partial charge in [-0.3, -0.25) is 0 Å². The zero-order valence-electron chi connectivity index (χ0n) is 8.11. The van der Waals surface area contributed by atoms with Crippen LogP contribution >= 0.6 is 23.1 Å². The van der Waals surface area contributed by atoms with Gasteiger partial charge >= 0.3 is 0 Å². The van der Waals surface area contributed by atoms with Crippen LogP contribution in [0.4, 0.5) is 0 Å². The third-order valence-corrected chi connectivity index (χ3v) is 4.91. The van der Waals surface area contributed by atoms with E-state index in [9.17, 15) is 0 Å². The van der Waals surface area contributed by atoms with E-state index in [1.807, 2.05) is 11.8 Å². The Morgan fingerprint density at radius 3 is 3.07 bits per heavy atom. The van der Waals surface area contributed by atoms with Crippen molar-refractivity contribution < 1.29 is 0 Å². The fourth-order valence-electron chi connectivity index (χ4n) is 1.52. The first-order valence-electron chi connectivity index (χ1n) is 5.04. The van der Waals surface area contributed by atoms with E-state index in [4.69, 9.17) is 5.73 Å². The van der Waals surface area contributed by atoms with Crippen molar-refractivity contribution in [2.24, 2.45) is 5.73 Å². The standard InChI is InChI=1S/C9H15N3S2/c10-5-1-4-8-11-12-9(14-8)7-3-2-6-13-7/h7H,1-6,10H2. The van der Waals surface area contributed by atoms with Crippen molar-refractivity contribution in [2.45, 2.75) is 30.9 Å². The molecule has 78 valence electrons. The highest BCUT2D eigenvalue weighted by atomic mass is 32.2. The molecule has 3 nitrogen and oxygen atoms in total. The first-order valence-corrected chi connectivity index (χ1v) is 6.90. The molecule has 5 heteroatoms. The van der Waals surface area contributed by atoms with Crippen LogP contribution in [0.5, 0.6) is 0 Å². The maximum Gasteiger partial charge on any atom is 0.130 e. The molecule has 2 N–H and O–H groups in total. The molecule has 1 unspecified atom stereocenters. The third-order valence-electron chi connectivity index (χ3n) is 2.28. The molecule has 1 aromatic heterocycles. The van der Waals surface area contributed by atoms with Gasteiger partial charge in [-0.25, -0.2) is 0 Å². The number of aromatic nitrogens is 2. The van der Waals surface area contributed by atoms with E-state index >= 15 is 0 Å². The fourth-order valence-corrected chi connectivity index (χ4v) is 3.91. The molecule has 2 heterocycles. The molecule has 14 heavy (non-hydrogen) atoms. The van der Waals surface area contributed by atoms with E-state index in [1.165, 1.54) is 23.6 Å². The number of hydrogen-bond donors (Lipinski definition) is 1. The van der Waals surface area contributed by atoms with E-state index < -0.39 is 0 Å². The average Bonchev–Trinajstić information content (AvgIpc) is 2.85. The van der Waals surface area contributed by atoms with Crippen molar-refractivity contribution in [3.8, 4) is 0 Å². The van der Waals surface area contributed by atoms with Crippen molar-refractivity contribution in [3.63, 3.8) is 0 Å². The van der Waals surface area contributed by atoms with Gasteiger partial charge in [-0.05, 0) is 31.6 Å². The van der Waals surface area contributed by atoms with Crippen LogP contribution in [-0.2, 0) is 6.42 Å². The van der Waals surface area contributed by atoms with E-state index in [0.717, 1.165) is 24.4 Å². The summed E-state index contributed by atoms with van der Waals surface area (Å²) in [5.74, 6) is 1.28. The Labute approximate surface area is 92.5 Å². The first-order chi connectivity index (χ1) is 6.90. The Bertz CT molecular complexity index is 281. The minimum absolute atomic E-state index is 0.624. The van der Waals surface area contributed by atoms with Crippen molar-refractivity contribution in [1.82, 2.24) is 10.2 Å². The number of rotatable bonds is 4. The van der Waals surface area contributed by atoms with Crippen LogP contribution in [0.3, 0.4) is 0 Å². The smallest absolute Gasteiger partial charge is 0.130 e. The lowest BCUT2D eigenvalue weighted by Crippen LogP contribution is -1.99. The summed E-state index contributed by atoms with van der Waals surface area (Å²) in [6.07, 6.45) is 4.61. The second kappa shape index (κ2) is 5.09. The average molecular weight is 229 g/mol. The Hall–Kier alpha value is -0.130. The molecule has 0 saturated carbocycles. The van der Waals surface area contributed by atoms with E-state index in [2.05, 4.69) is 10.2 Å². The molecule has 0 amide bonds. The van der Waals surface area contributed by atoms with E-state index in [0.29, 0.717) is 5.25 Å². The fraction of sp³-hybridized carbons (Fsp3) is 0.778. The van der Waals surface area contributed by atoms with Crippen molar-refractivity contribution >= 4 is 23.1 Å².